The molecule has 1 aliphatic rings. The molecule has 0 heterocycles. The first-order chi connectivity index (χ1) is 12.2. The summed E-state index contributed by atoms with van der Waals surface area (Å²) in [5, 5.41) is 2.87. The van der Waals surface area contributed by atoms with Crippen LogP contribution < -0.4 is 5.32 Å². The van der Waals surface area contributed by atoms with Crippen LogP contribution >= 0.6 is 0 Å². The first-order valence-corrected chi connectivity index (χ1v) is 10.6. The highest BCUT2D eigenvalue weighted by atomic mass is 16.5. The van der Waals surface area contributed by atoms with Gasteiger partial charge in [0.05, 0.1) is 6.61 Å². The van der Waals surface area contributed by atoms with Crippen LogP contribution in [0.25, 0.3) is 0 Å². The summed E-state index contributed by atoms with van der Waals surface area (Å²) in [4.78, 5) is 22.5. The number of alkyl carbamates (subject to hydrolysis) is 1. The van der Waals surface area contributed by atoms with Gasteiger partial charge in [0.25, 0.3) is 0 Å². The standard InChI is InChI=1S/C21H39NO3/c1-19(23)14-10-7-5-3-2-4-6-8-13-17-22-21(24)25-18-20-15-11-9-12-16-20/h20H,2-18H2,1H3,(H,22,24). The maximum absolute atomic E-state index is 11.6. The SMILES string of the molecule is CC(=O)CCCCCCCCCCCNC(=O)OCC1CCCCC1. The Balaban J connectivity index is 1.77. The Hall–Kier alpha value is -1.06. The Kier molecular flexibility index (Phi) is 13.4. The highest BCUT2D eigenvalue weighted by Crippen LogP contribution is 2.23. The van der Waals surface area contributed by atoms with Gasteiger partial charge < -0.3 is 14.8 Å². The zero-order chi connectivity index (χ0) is 18.2. The predicted molar refractivity (Wildman–Crippen MR) is 103 cm³/mol. The smallest absolute Gasteiger partial charge is 0.407 e. The summed E-state index contributed by atoms with van der Waals surface area (Å²) in [6.07, 6.45) is 17.6. The molecular formula is C21H39NO3. The molecule has 0 aliphatic heterocycles. The lowest BCUT2D eigenvalue weighted by Gasteiger charge is -2.21. The van der Waals surface area contributed by atoms with Gasteiger partial charge >= 0.3 is 6.09 Å². The minimum absolute atomic E-state index is 0.240. The summed E-state index contributed by atoms with van der Waals surface area (Å²) in [5.74, 6) is 0.897. The van der Waals surface area contributed by atoms with Crippen LogP contribution in [0.3, 0.4) is 0 Å². The second kappa shape index (κ2) is 15.2. The van der Waals surface area contributed by atoms with Crippen molar-refractivity contribution in [3.8, 4) is 0 Å². The fourth-order valence-corrected chi connectivity index (χ4v) is 3.53. The molecule has 25 heavy (non-hydrogen) atoms. The van der Waals surface area contributed by atoms with Crippen LogP contribution in [0.1, 0.15) is 103 Å². The highest BCUT2D eigenvalue weighted by molar-refractivity contribution is 5.75. The first-order valence-electron chi connectivity index (χ1n) is 10.6. The van der Waals surface area contributed by atoms with E-state index in [1.54, 1.807) is 6.92 Å². The van der Waals surface area contributed by atoms with Gasteiger partial charge in [-0.2, -0.15) is 0 Å². The van der Waals surface area contributed by atoms with Crippen molar-refractivity contribution in [1.29, 1.82) is 0 Å². The molecule has 0 saturated heterocycles. The quantitative estimate of drug-likeness (QED) is 0.403. The van der Waals surface area contributed by atoms with Gasteiger partial charge in [-0.1, -0.05) is 64.2 Å². The van der Waals surface area contributed by atoms with E-state index in [0.717, 1.165) is 25.8 Å². The summed E-state index contributed by atoms with van der Waals surface area (Å²) < 4.78 is 5.32. The number of hydrogen-bond donors (Lipinski definition) is 1. The van der Waals surface area contributed by atoms with Crippen molar-refractivity contribution in [2.75, 3.05) is 13.2 Å². The molecule has 1 fully saturated rings. The maximum atomic E-state index is 11.6. The number of carbonyl (C=O) groups is 2. The predicted octanol–water partition coefficient (Wildman–Crippen LogP) is 5.78. The van der Waals surface area contributed by atoms with Crippen LogP contribution in [-0.4, -0.2) is 25.0 Å². The minimum Gasteiger partial charge on any atom is -0.449 e. The number of unbranched alkanes of at least 4 members (excludes halogenated alkanes) is 8. The average Bonchev–Trinajstić information content (AvgIpc) is 2.61. The van der Waals surface area contributed by atoms with E-state index in [1.807, 2.05) is 0 Å². The zero-order valence-electron chi connectivity index (χ0n) is 16.3. The molecule has 0 aromatic carbocycles. The molecule has 4 nitrogen and oxygen atoms in total. The molecular weight excluding hydrogens is 314 g/mol. The largest absolute Gasteiger partial charge is 0.449 e. The lowest BCUT2D eigenvalue weighted by atomic mass is 9.90. The van der Waals surface area contributed by atoms with Crippen molar-refractivity contribution in [2.24, 2.45) is 5.92 Å². The molecule has 0 radical (unpaired) electrons. The van der Waals surface area contributed by atoms with Gasteiger partial charge in [-0.3, -0.25) is 0 Å². The third kappa shape index (κ3) is 13.9. The number of Topliss-reactive ketones (excluding diaryl/α,β-unsaturated/α-hetero) is 1. The Labute approximate surface area is 154 Å². The van der Waals surface area contributed by atoms with E-state index in [0.29, 0.717) is 18.3 Å². The van der Waals surface area contributed by atoms with E-state index in [2.05, 4.69) is 5.32 Å². The van der Waals surface area contributed by atoms with Crippen LogP contribution in [-0.2, 0) is 9.53 Å². The van der Waals surface area contributed by atoms with Gasteiger partial charge in [-0.05, 0) is 38.5 Å². The molecule has 1 saturated carbocycles. The van der Waals surface area contributed by atoms with Crippen molar-refractivity contribution >= 4 is 11.9 Å². The number of ether oxygens (including phenoxy) is 1. The van der Waals surface area contributed by atoms with Crippen LogP contribution in [0.5, 0.6) is 0 Å². The Morgan fingerprint density at radius 3 is 2.00 bits per heavy atom. The second-order valence-electron chi connectivity index (χ2n) is 7.66. The number of hydrogen-bond acceptors (Lipinski definition) is 3. The summed E-state index contributed by atoms with van der Waals surface area (Å²) in [6, 6.07) is 0. The van der Waals surface area contributed by atoms with Crippen LogP contribution in [0.4, 0.5) is 4.79 Å². The van der Waals surface area contributed by atoms with E-state index < -0.39 is 0 Å². The monoisotopic (exact) mass is 353 g/mol. The molecule has 1 rings (SSSR count). The summed E-state index contributed by atoms with van der Waals surface area (Å²) in [5.41, 5.74) is 0. The van der Waals surface area contributed by atoms with E-state index in [1.165, 1.54) is 77.0 Å². The average molecular weight is 354 g/mol. The molecule has 0 unspecified atom stereocenters. The van der Waals surface area contributed by atoms with Gasteiger partial charge in [-0.15, -0.1) is 0 Å². The third-order valence-corrected chi connectivity index (χ3v) is 5.15. The topological polar surface area (TPSA) is 55.4 Å². The Morgan fingerprint density at radius 2 is 1.40 bits per heavy atom. The molecule has 0 atom stereocenters. The molecule has 4 heteroatoms. The maximum Gasteiger partial charge on any atom is 0.407 e. The number of rotatable bonds is 14. The normalized spacial score (nSPS) is 15.1. The highest BCUT2D eigenvalue weighted by Gasteiger charge is 2.15. The number of nitrogens with one attached hydrogen (secondary N) is 1. The fraction of sp³-hybridized carbons (Fsp3) is 0.905. The van der Waals surface area contributed by atoms with Crippen molar-refractivity contribution < 1.29 is 14.3 Å². The Morgan fingerprint density at radius 1 is 0.840 bits per heavy atom. The first kappa shape index (κ1) is 22.0. The van der Waals surface area contributed by atoms with E-state index in [9.17, 15) is 9.59 Å². The summed E-state index contributed by atoms with van der Waals surface area (Å²) in [6.45, 7) is 3.00. The van der Waals surface area contributed by atoms with Crippen molar-refractivity contribution in [2.45, 2.75) is 103 Å². The van der Waals surface area contributed by atoms with Gasteiger partial charge in [0.1, 0.15) is 5.78 Å². The van der Waals surface area contributed by atoms with Crippen LogP contribution in [0.2, 0.25) is 0 Å². The third-order valence-electron chi connectivity index (χ3n) is 5.15. The molecule has 1 N–H and O–H groups in total. The molecule has 1 amide bonds. The fourth-order valence-electron chi connectivity index (χ4n) is 3.53. The van der Waals surface area contributed by atoms with Crippen molar-refractivity contribution in [3.63, 3.8) is 0 Å². The summed E-state index contributed by atoms with van der Waals surface area (Å²) in [7, 11) is 0. The van der Waals surface area contributed by atoms with Crippen molar-refractivity contribution in [3.05, 3.63) is 0 Å². The van der Waals surface area contributed by atoms with Gasteiger partial charge in [0, 0.05) is 13.0 Å². The van der Waals surface area contributed by atoms with Crippen LogP contribution in [0.15, 0.2) is 0 Å². The van der Waals surface area contributed by atoms with E-state index in [-0.39, 0.29) is 6.09 Å². The molecule has 1 aliphatic carbocycles. The van der Waals surface area contributed by atoms with Gasteiger partial charge in [0.2, 0.25) is 0 Å². The van der Waals surface area contributed by atoms with Crippen LogP contribution in [0, 0.1) is 5.92 Å². The van der Waals surface area contributed by atoms with E-state index in [4.69, 9.17) is 4.74 Å². The molecule has 0 aromatic rings. The molecule has 146 valence electrons. The lowest BCUT2D eigenvalue weighted by molar-refractivity contribution is -0.117. The minimum atomic E-state index is -0.240. The molecule has 0 bridgehead atoms. The Bertz CT molecular complexity index is 351. The van der Waals surface area contributed by atoms with Gasteiger partial charge in [-0.25, -0.2) is 4.79 Å². The van der Waals surface area contributed by atoms with E-state index >= 15 is 0 Å². The number of amides is 1. The molecule has 0 aromatic heterocycles. The summed E-state index contributed by atoms with van der Waals surface area (Å²) >= 11 is 0. The lowest BCUT2D eigenvalue weighted by Crippen LogP contribution is -2.27. The van der Waals surface area contributed by atoms with Gasteiger partial charge in [0.15, 0.2) is 0 Å². The number of ketones is 1. The zero-order valence-corrected chi connectivity index (χ0v) is 16.3. The second-order valence-corrected chi connectivity index (χ2v) is 7.66. The molecule has 0 spiro atoms. The van der Waals surface area contributed by atoms with Crippen molar-refractivity contribution in [1.82, 2.24) is 5.32 Å². The number of carbonyl (C=O) groups excluding carboxylic acids is 2.